The number of rotatable bonds is 4. The van der Waals surface area contributed by atoms with Crippen molar-refractivity contribution >= 4 is 42.1 Å². The van der Waals surface area contributed by atoms with Gasteiger partial charge in [-0.15, -0.1) is 36.2 Å². The van der Waals surface area contributed by atoms with Crippen molar-refractivity contribution in [3.05, 3.63) is 16.1 Å². The quantitative estimate of drug-likeness (QED) is 0.897. The van der Waals surface area contributed by atoms with Gasteiger partial charge in [0.2, 0.25) is 5.91 Å². The average Bonchev–Trinajstić information content (AvgIpc) is 2.64. The number of hydrogen-bond acceptors (Lipinski definition) is 4. The minimum absolute atomic E-state index is 0. The fourth-order valence-corrected chi connectivity index (χ4v) is 1.92. The normalized spacial score (nSPS) is 12.1. The summed E-state index contributed by atoms with van der Waals surface area (Å²) in [5.41, 5.74) is 6.01. The average molecular weight is 314 g/mol. The van der Waals surface area contributed by atoms with Crippen molar-refractivity contribution in [2.45, 2.75) is 33.7 Å². The molecule has 0 aliphatic carbocycles. The molecule has 1 amide bonds. The highest BCUT2D eigenvalue weighted by Gasteiger charge is 2.27. The molecule has 7 heteroatoms. The zero-order valence-corrected chi connectivity index (χ0v) is 13.5. The summed E-state index contributed by atoms with van der Waals surface area (Å²) in [5, 5.41) is 5.84. The fraction of sp³-hybridized carbons (Fsp3) is 0.636. The van der Waals surface area contributed by atoms with Crippen LogP contribution in [0.2, 0.25) is 0 Å². The first-order valence-electron chi connectivity index (χ1n) is 5.30. The molecule has 0 saturated heterocycles. The first-order valence-corrected chi connectivity index (χ1v) is 6.18. The summed E-state index contributed by atoms with van der Waals surface area (Å²) < 4.78 is 0. The maximum atomic E-state index is 11.9. The van der Waals surface area contributed by atoms with Crippen LogP contribution in [0.15, 0.2) is 5.38 Å². The van der Waals surface area contributed by atoms with Crippen molar-refractivity contribution in [3.63, 3.8) is 0 Å². The standard InChI is InChI=1S/C11H19N3OS.2ClH/c1-7-5-16-9(13-7)8(2)14-10(15)11(3,4)6-12;;/h5,8H,6,12H2,1-4H3,(H,14,15);2*1H. The van der Waals surface area contributed by atoms with E-state index in [0.29, 0.717) is 6.54 Å². The first kappa shape index (κ1) is 20.0. The Balaban J connectivity index is 0. The van der Waals surface area contributed by atoms with E-state index in [1.165, 1.54) is 0 Å². The van der Waals surface area contributed by atoms with Gasteiger partial charge in [-0.3, -0.25) is 4.79 Å². The Morgan fingerprint density at radius 3 is 2.50 bits per heavy atom. The number of nitrogens with one attached hydrogen (secondary N) is 1. The van der Waals surface area contributed by atoms with E-state index < -0.39 is 5.41 Å². The molecule has 0 bridgehead atoms. The predicted octanol–water partition coefficient (Wildman–Crippen LogP) is 2.46. The smallest absolute Gasteiger partial charge is 0.227 e. The molecule has 1 unspecified atom stereocenters. The molecule has 1 aromatic rings. The first-order chi connectivity index (χ1) is 7.36. The lowest BCUT2D eigenvalue weighted by atomic mass is 9.92. The van der Waals surface area contributed by atoms with Gasteiger partial charge in [0.15, 0.2) is 0 Å². The minimum Gasteiger partial charge on any atom is -0.347 e. The summed E-state index contributed by atoms with van der Waals surface area (Å²) in [5.74, 6) is -0.0321. The van der Waals surface area contributed by atoms with Gasteiger partial charge in [0.1, 0.15) is 5.01 Å². The monoisotopic (exact) mass is 313 g/mol. The van der Waals surface area contributed by atoms with Crippen LogP contribution in [0, 0.1) is 12.3 Å². The second-order valence-corrected chi connectivity index (χ2v) is 5.50. The van der Waals surface area contributed by atoms with E-state index in [1.54, 1.807) is 11.3 Å². The van der Waals surface area contributed by atoms with Gasteiger partial charge < -0.3 is 11.1 Å². The summed E-state index contributed by atoms with van der Waals surface area (Å²) >= 11 is 1.56. The molecule has 106 valence electrons. The zero-order chi connectivity index (χ0) is 12.3. The molecular formula is C11H21Cl2N3OS. The largest absolute Gasteiger partial charge is 0.347 e. The van der Waals surface area contributed by atoms with Gasteiger partial charge in [-0.1, -0.05) is 0 Å². The Labute approximate surface area is 125 Å². The Bertz CT molecular complexity index is 382. The number of amides is 1. The topological polar surface area (TPSA) is 68.0 Å². The van der Waals surface area contributed by atoms with E-state index in [2.05, 4.69) is 10.3 Å². The number of carbonyl (C=O) groups is 1. The van der Waals surface area contributed by atoms with Gasteiger partial charge in [-0.25, -0.2) is 4.98 Å². The molecule has 4 nitrogen and oxygen atoms in total. The number of hydrogen-bond donors (Lipinski definition) is 2. The van der Waals surface area contributed by atoms with Crippen LogP contribution in [0.25, 0.3) is 0 Å². The molecule has 0 radical (unpaired) electrons. The molecule has 0 aliphatic rings. The summed E-state index contributed by atoms with van der Waals surface area (Å²) in [7, 11) is 0. The van der Waals surface area contributed by atoms with Crippen molar-refractivity contribution in [1.82, 2.24) is 10.3 Å². The van der Waals surface area contributed by atoms with Gasteiger partial charge in [0.05, 0.1) is 11.5 Å². The van der Waals surface area contributed by atoms with Crippen molar-refractivity contribution in [2.24, 2.45) is 11.1 Å². The molecule has 1 atom stereocenters. The van der Waals surface area contributed by atoms with Crippen LogP contribution in [-0.2, 0) is 4.79 Å². The van der Waals surface area contributed by atoms with Crippen molar-refractivity contribution in [2.75, 3.05) is 6.54 Å². The molecule has 0 saturated carbocycles. The van der Waals surface area contributed by atoms with Crippen LogP contribution in [-0.4, -0.2) is 17.4 Å². The number of aryl methyl sites for hydroxylation is 1. The highest BCUT2D eigenvalue weighted by atomic mass is 35.5. The van der Waals surface area contributed by atoms with Crippen LogP contribution in [0.3, 0.4) is 0 Å². The molecule has 18 heavy (non-hydrogen) atoms. The van der Waals surface area contributed by atoms with Gasteiger partial charge in [0.25, 0.3) is 0 Å². The van der Waals surface area contributed by atoms with Crippen LogP contribution in [0.5, 0.6) is 0 Å². The van der Waals surface area contributed by atoms with Crippen molar-refractivity contribution in [3.8, 4) is 0 Å². The molecule has 0 aromatic carbocycles. The Morgan fingerprint density at radius 1 is 1.56 bits per heavy atom. The molecule has 3 N–H and O–H groups in total. The zero-order valence-electron chi connectivity index (χ0n) is 11.0. The second kappa shape index (κ2) is 7.94. The van der Waals surface area contributed by atoms with Crippen LogP contribution < -0.4 is 11.1 Å². The lowest BCUT2D eigenvalue weighted by molar-refractivity contribution is -0.129. The molecule has 0 fully saturated rings. The maximum absolute atomic E-state index is 11.9. The van der Waals surface area contributed by atoms with Crippen molar-refractivity contribution in [1.29, 1.82) is 0 Å². The van der Waals surface area contributed by atoms with E-state index in [1.807, 2.05) is 33.1 Å². The summed E-state index contributed by atoms with van der Waals surface area (Å²) in [4.78, 5) is 16.2. The molecule has 0 spiro atoms. The van der Waals surface area contributed by atoms with Crippen molar-refractivity contribution < 1.29 is 4.79 Å². The predicted molar refractivity (Wildman–Crippen MR) is 80.7 cm³/mol. The number of aromatic nitrogens is 1. The molecule has 1 aromatic heterocycles. The second-order valence-electron chi connectivity index (χ2n) is 4.61. The van der Waals surface area contributed by atoms with Gasteiger partial charge in [-0.2, -0.15) is 0 Å². The molecular weight excluding hydrogens is 293 g/mol. The highest BCUT2D eigenvalue weighted by molar-refractivity contribution is 7.09. The Hall–Kier alpha value is -0.360. The summed E-state index contributed by atoms with van der Waals surface area (Å²) in [6, 6.07) is -0.0583. The SMILES string of the molecule is Cc1csc(C(C)NC(=O)C(C)(C)CN)n1.Cl.Cl. The number of halogens is 2. The Morgan fingerprint density at radius 2 is 2.11 bits per heavy atom. The lowest BCUT2D eigenvalue weighted by Gasteiger charge is -2.23. The van der Waals surface area contributed by atoms with Crippen LogP contribution in [0.4, 0.5) is 0 Å². The summed E-state index contributed by atoms with van der Waals surface area (Å²) in [6.07, 6.45) is 0. The Kier molecular flexibility index (Phi) is 8.81. The van der Waals surface area contributed by atoms with Gasteiger partial charge in [0, 0.05) is 17.6 Å². The van der Waals surface area contributed by atoms with E-state index in [0.717, 1.165) is 10.7 Å². The van der Waals surface area contributed by atoms with E-state index >= 15 is 0 Å². The maximum Gasteiger partial charge on any atom is 0.227 e. The molecule has 1 heterocycles. The highest BCUT2D eigenvalue weighted by Crippen LogP contribution is 2.20. The number of carbonyl (C=O) groups excluding carboxylic acids is 1. The number of nitrogens with zero attached hydrogens (tertiary/aromatic N) is 1. The van der Waals surface area contributed by atoms with E-state index in [9.17, 15) is 4.79 Å². The lowest BCUT2D eigenvalue weighted by Crippen LogP contribution is -2.42. The minimum atomic E-state index is -0.527. The van der Waals surface area contributed by atoms with E-state index in [-0.39, 0.29) is 36.8 Å². The van der Waals surface area contributed by atoms with E-state index in [4.69, 9.17) is 5.73 Å². The molecule has 0 aliphatic heterocycles. The third kappa shape index (κ3) is 5.10. The molecule has 1 rings (SSSR count). The van der Waals surface area contributed by atoms with Crippen LogP contribution in [0.1, 0.15) is 37.5 Å². The third-order valence-corrected chi connectivity index (χ3v) is 3.63. The van der Waals surface area contributed by atoms with Gasteiger partial charge >= 0.3 is 0 Å². The third-order valence-electron chi connectivity index (χ3n) is 2.48. The van der Waals surface area contributed by atoms with Crippen LogP contribution >= 0.6 is 36.2 Å². The number of thiazole rings is 1. The summed E-state index contributed by atoms with van der Waals surface area (Å²) in [6.45, 7) is 7.88. The number of nitrogens with two attached hydrogens (primary N) is 1. The fourth-order valence-electron chi connectivity index (χ4n) is 1.12. The van der Waals surface area contributed by atoms with Gasteiger partial charge in [-0.05, 0) is 27.7 Å².